The van der Waals surface area contributed by atoms with E-state index in [0.29, 0.717) is 37.5 Å². The van der Waals surface area contributed by atoms with Crippen LogP contribution in [0.15, 0.2) is 17.0 Å². The summed E-state index contributed by atoms with van der Waals surface area (Å²) in [7, 11) is -2.21. The number of ether oxygens (including phenoxy) is 2. The van der Waals surface area contributed by atoms with E-state index in [1.807, 2.05) is 0 Å². The highest BCUT2D eigenvalue weighted by molar-refractivity contribution is 7.89. The molecular weight excluding hydrogens is 280 g/mol. The van der Waals surface area contributed by atoms with E-state index in [1.54, 1.807) is 13.0 Å². The molecule has 0 saturated carbocycles. The largest absolute Gasteiger partial charge is 0.495 e. The van der Waals surface area contributed by atoms with Crippen LogP contribution in [0.2, 0.25) is 0 Å². The van der Waals surface area contributed by atoms with Crippen LogP contribution < -0.4 is 15.2 Å². The number of rotatable bonds is 4. The van der Waals surface area contributed by atoms with Crippen molar-refractivity contribution in [2.45, 2.75) is 30.7 Å². The van der Waals surface area contributed by atoms with Gasteiger partial charge in [-0.05, 0) is 37.5 Å². The molecule has 20 heavy (non-hydrogen) atoms. The Morgan fingerprint density at radius 2 is 2.00 bits per heavy atom. The van der Waals surface area contributed by atoms with Gasteiger partial charge in [0.25, 0.3) is 0 Å². The second-order valence-electron chi connectivity index (χ2n) is 4.87. The molecule has 7 heteroatoms. The maximum Gasteiger partial charge on any atom is 0.244 e. The molecule has 0 spiro atoms. The molecule has 3 N–H and O–H groups in total. The van der Waals surface area contributed by atoms with Crippen molar-refractivity contribution in [3.8, 4) is 5.75 Å². The number of anilines is 1. The lowest BCUT2D eigenvalue weighted by Crippen LogP contribution is -2.39. The first-order valence-corrected chi connectivity index (χ1v) is 7.96. The van der Waals surface area contributed by atoms with Crippen molar-refractivity contribution in [3.63, 3.8) is 0 Å². The highest BCUT2D eigenvalue weighted by atomic mass is 32.2. The first-order valence-electron chi connectivity index (χ1n) is 6.48. The maximum atomic E-state index is 12.5. The molecule has 0 unspecified atom stereocenters. The Morgan fingerprint density at radius 3 is 2.60 bits per heavy atom. The monoisotopic (exact) mass is 300 g/mol. The van der Waals surface area contributed by atoms with Gasteiger partial charge in [0.2, 0.25) is 10.0 Å². The van der Waals surface area contributed by atoms with Crippen LogP contribution in [0.1, 0.15) is 18.4 Å². The molecule has 0 atom stereocenters. The number of nitrogens with one attached hydrogen (secondary N) is 1. The number of hydrogen-bond acceptors (Lipinski definition) is 5. The molecule has 1 aliphatic rings. The van der Waals surface area contributed by atoms with E-state index in [1.165, 1.54) is 13.2 Å². The summed E-state index contributed by atoms with van der Waals surface area (Å²) in [6.07, 6.45) is 1.34. The third-order valence-corrected chi connectivity index (χ3v) is 4.93. The van der Waals surface area contributed by atoms with Crippen LogP contribution in [0.3, 0.4) is 0 Å². The zero-order chi connectivity index (χ0) is 14.8. The van der Waals surface area contributed by atoms with E-state index < -0.39 is 10.0 Å². The van der Waals surface area contributed by atoms with Crippen molar-refractivity contribution in [2.75, 3.05) is 26.1 Å². The number of methoxy groups -OCH3 is 1. The number of benzene rings is 1. The third-order valence-electron chi connectivity index (χ3n) is 3.38. The average molecular weight is 300 g/mol. The van der Waals surface area contributed by atoms with Crippen molar-refractivity contribution >= 4 is 15.7 Å². The topological polar surface area (TPSA) is 90.7 Å². The number of nitrogens with two attached hydrogens (primary N) is 1. The molecule has 2 rings (SSSR count). The summed E-state index contributed by atoms with van der Waals surface area (Å²) in [6, 6.07) is 2.96. The van der Waals surface area contributed by atoms with E-state index in [9.17, 15) is 8.42 Å². The highest BCUT2D eigenvalue weighted by Gasteiger charge is 2.25. The molecular formula is C13H20N2O4S. The zero-order valence-electron chi connectivity index (χ0n) is 11.7. The minimum Gasteiger partial charge on any atom is -0.495 e. The SMILES string of the molecule is COc1cc(C)c(N)cc1S(=O)(=O)NC1CCOCC1. The van der Waals surface area contributed by atoms with Gasteiger partial charge in [-0.15, -0.1) is 0 Å². The number of hydrogen-bond donors (Lipinski definition) is 2. The van der Waals surface area contributed by atoms with Gasteiger partial charge < -0.3 is 15.2 Å². The van der Waals surface area contributed by atoms with Gasteiger partial charge in [0.15, 0.2) is 0 Å². The Balaban J connectivity index is 2.30. The molecule has 1 fully saturated rings. The quantitative estimate of drug-likeness (QED) is 0.811. The molecule has 1 saturated heterocycles. The first kappa shape index (κ1) is 15.1. The summed E-state index contributed by atoms with van der Waals surface area (Å²) in [4.78, 5) is 0.0783. The molecule has 1 aromatic carbocycles. The minimum absolute atomic E-state index is 0.0783. The van der Waals surface area contributed by atoms with E-state index in [-0.39, 0.29) is 10.9 Å². The van der Waals surface area contributed by atoms with Gasteiger partial charge in [-0.2, -0.15) is 0 Å². The number of aryl methyl sites for hydroxylation is 1. The van der Waals surface area contributed by atoms with Gasteiger partial charge in [-0.3, -0.25) is 0 Å². The lowest BCUT2D eigenvalue weighted by atomic mass is 10.1. The molecule has 0 amide bonds. The Labute approximate surface area is 119 Å². The van der Waals surface area contributed by atoms with Crippen molar-refractivity contribution < 1.29 is 17.9 Å². The summed E-state index contributed by atoms with van der Waals surface area (Å²) < 4.78 is 38.0. The summed E-state index contributed by atoms with van der Waals surface area (Å²) in [5, 5.41) is 0. The van der Waals surface area contributed by atoms with Crippen molar-refractivity contribution in [1.29, 1.82) is 0 Å². The van der Waals surface area contributed by atoms with Gasteiger partial charge >= 0.3 is 0 Å². The van der Waals surface area contributed by atoms with Gasteiger partial charge in [-0.1, -0.05) is 0 Å². The van der Waals surface area contributed by atoms with Crippen LogP contribution in [-0.4, -0.2) is 34.8 Å². The molecule has 1 aromatic rings. The molecule has 112 valence electrons. The van der Waals surface area contributed by atoms with Crippen LogP contribution >= 0.6 is 0 Å². The Kier molecular flexibility index (Phi) is 4.52. The van der Waals surface area contributed by atoms with Crippen molar-refractivity contribution in [2.24, 2.45) is 0 Å². The molecule has 0 aliphatic carbocycles. The zero-order valence-corrected chi connectivity index (χ0v) is 12.5. The molecule has 6 nitrogen and oxygen atoms in total. The number of sulfonamides is 1. The second kappa shape index (κ2) is 5.99. The summed E-state index contributed by atoms with van der Waals surface area (Å²) >= 11 is 0. The fourth-order valence-corrected chi connectivity index (χ4v) is 3.64. The van der Waals surface area contributed by atoms with Gasteiger partial charge in [0, 0.05) is 24.9 Å². The Morgan fingerprint density at radius 1 is 1.35 bits per heavy atom. The van der Waals surface area contributed by atoms with Crippen LogP contribution in [0, 0.1) is 6.92 Å². The van der Waals surface area contributed by atoms with Crippen molar-refractivity contribution in [1.82, 2.24) is 4.72 Å². The second-order valence-corrected chi connectivity index (χ2v) is 6.55. The summed E-state index contributed by atoms with van der Waals surface area (Å²) in [5.41, 5.74) is 7.02. The molecule has 0 bridgehead atoms. The van der Waals surface area contributed by atoms with E-state index in [4.69, 9.17) is 15.2 Å². The minimum atomic E-state index is -3.65. The molecule has 0 aromatic heterocycles. The predicted octanol–water partition coefficient (Wildman–Crippen LogP) is 1.04. The normalized spacial score (nSPS) is 17.1. The van der Waals surface area contributed by atoms with Gasteiger partial charge in [0.1, 0.15) is 10.6 Å². The predicted molar refractivity (Wildman–Crippen MR) is 76.3 cm³/mol. The standard InChI is InChI=1S/C13H20N2O4S/c1-9-7-12(18-2)13(8-11(9)14)20(16,17)15-10-3-5-19-6-4-10/h7-8,10,15H,3-6,14H2,1-2H3. The van der Waals surface area contributed by atoms with Crippen LogP contribution in [-0.2, 0) is 14.8 Å². The van der Waals surface area contributed by atoms with Crippen LogP contribution in [0.25, 0.3) is 0 Å². The van der Waals surface area contributed by atoms with Crippen molar-refractivity contribution in [3.05, 3.63) is 17.7 Å². The van der Waals surface area contributed by atoms with Gasteiger partial charge in [0.05, 0.1) is 7.11 Å². The van der Waals surface area contributed by atoms with E-state index in [2.05, 4.69) is 4.72 Å². The smallest absolute Gasteiger partial charge is 0.244 e. The lowest BCUT2D eigenvalue weighted by Gasteiger charge is -2.23. The fraction of sp³-hybridized carbons (Fsp3) is 0.538. The highest BCUT2D eigenvalue weighted by Crippen LogP contribution is 2.29. The average Bonchev–Trinajstić information content (AvgIpc) is 2.42. The van der Waals surface area contributed by atoms with Crippen LogP contribution in [0.4, 0.5) is 5.69 Å². The third kappa shape index (κ3) is 3.23. The molecule has 1 heterocycles. The maximum absolute atomic E-state index is 12.5. The number of nitrogen functional groups attached to an aromatic ring is 1. The van der Waals surface area contributed by atoms with Gasteiger partial charge in [-0.25, -0.2) is 13.1 Å². The van der Waals surface area contributed by atoms with E-state index in [0.717, 1.165) is 5.56 Å². The summed E-state index contributed by atoms with van der Waals surface area (Å²) in [5.74, 6) is 0.302. The summed E-state index contributed by atoms with van der Waals surface area (Å²) in [6.45, 7) is 2.95. The van der Waals surface area contributed by atoms with E-state index >= 15 is 0 Å². The Hall–Kier alpha value is -1.31. The van der Waals surface area contributed by atoms with Crippen LogP contribution in [0.5, 0.6) is 5.75 Å². The fourth-order valence-electron chi connectivity index (χ4n) is 2.15. The molecule has 0 radical (unpaired) electrons. The first-order chi connectivity index (χ1) is 9.44. The molecule has 1 aliphatic heterocycles. The lowest BCUT2D eigenvalue weighted by molar-refractivity contribution is 0.0832. The Bertz CT molecular complexity index is 580.